The van der Waals surface area contributed by atoms with Gasteiger partial charge in [0.1, 0.15) is 5.97 Å². The Morgan fingerprint density at radius 1 is 1.07 bits per heavy atom. The monoisotopic (exact) mass is 394 g/mol. The van der Waals surface area contributed by atoms with Gasteiger partial charge in [-0.05, 0) is 55.1 Å². The predicted octanol–water partition coefficient (Wildman–Crippen LogP) is 2.69. The normalized spacial score (nSPS) is 29.0. The molecular weight excluding hydrogens is 360 g/mol. The molecule has 2 aliphatic carbocycles. The molecule has 0 spiro atoms. The van der Waals surface area contributed by atoms with Gasteiger partial charge in [0.25, 0.3) is 0 Å². The van der Waals surface area contributed by atoms with Crippen molar-refractivity contribution in [1.82, 2.24) is 0 Å². The van der Waals surface area contributed by atoms with Crippen molar-refractivity contribution in [1.29, 1.82) is 0 Å². The summed E-state index contributed by atoms with van der Waals surface area (Å²) in [5.41, 5.74) is 0.437. The molecule has 0 amide bonds. The van der Waals surface area contributed by atoms with Gasteiger partial charge in [0.05, 0.1) is 11.5 Å². The molecule has 0 aromatic heterocycles. The summed E-state index contributed by atoms with van der Waals surface area (Å²) in [5.74, 6) is -2.88. The fourth-order valence-electron chi connectivity index (χ4n) is 5.99. The Bertz CT molecular complexity index is 615. The molecule has 0 aromatic rings. The summed E-state index contributed by atoms with van der Waals surface area (Å²) in [4.78, 5) is 24.5. The highest BCUT2D eigenvalue weighted by Gasteiger charge is 2.59. The van der Waals surface area contributed by atoms with Crippen LogP contribution < -0.4 is 10.2 Å². The lowest BCUT2D eigenvalue weighted by Gasteiger charge is -2.50. The Morgan fingerprint density at radius 2 is 1.59 bits per heavy atom. The molecule has 0 unspecified atom stereocenters. The number of hydrogen-bond acceptors (Lipinski definition) is 5. The van der Waals surface area contributed by atoms with Crippen LogP contribution in [-0.4, -0.2) is 26.2 Å². The highest BCUT2D eigenvalue weighted by atomic mass is 28.4. The highest BCUT2D eigenvalue weighted by Crippen LogP contribution is 2.57. The Hall–Kier alpha value is -1.14. The van der Waals surface area contributed by atoms with Gasteiger partial charge in [-0.2, -0.15) is 0 Å². The molecule has 0 radical (unpaired) electrons. The van der Waals surface area contributed by atoms with Gasteiger partial charge in [-0.3, -0.25) is 4.79 Å². The topological polar surface area (TPSA) is 89.5 Å². The van der Waals surface area contributed by atoms with Crippen molar-refractivity contribution in [3.05, 3.63) is 11.3 Å². The van der Waals surface area contributed by atoms with Gasteiger partial charge in [0.2, 0.25) is 8.32 Å². The van der Waals surface area contributed by atoms with Crippen LogP contribution in [0, 0.1) is 11.3 Å². The molecule has 1 fully saturated rings. The molecule has 0 aliphatic heterocycles. The van der Waals surface area contributed by atoms with Crippen LogP contribution in [0.2, 0.25) is 16.6 Å². The summed E-state index contributed by atoms with van der Waals surface area (Å²) >= 11 is 0. The van der Waals surface area contributed by atoms with Crippen molar-refractivity contribution >= 4 is 20.1 Å². The van der Waals surface area contributed by atoms with Crippen LogP contribution in [0.1, 0.15) is 74.1 Å². The molecule has 3 atom stereocenters. The Labute approximate surface area is 164 Å². The number of carboxylic acids is 1. The second-order valence-corrected chi connectivity index (χ2v) is 14.8. The van der Waals surface area contributed by atoms with E-state index in [1.165, 1.54) is 0 Å². The number of carboxylic acid groups (broad SMARTS) is 1. The van der Waals surface area contributed by atoms with E-state index in [0.717, 1.165) is 5.57 Å². The first-order chi connectivity index (χ1) is 12.4. The number of carbonyl (C=O) groups is 2. The van der Waals surface area contributed by atoms with Crippen LogP contribution in [0.3, 0.4) is 0 Å². The molecule has 5 nitrogen and oxygen atoms in total. The third-order valence-corrected chi connectivity index (χ3v) is 13.3. The molecule has 2 aliphatic rings. The van der Waals surface area contributed by atoms with E-state index in [4.69, 9.17) is 4.43 Å². The molecular formula is C21H34O5Si-2. The van der Waals surface area contributed by atoms with E-state index in [-0.39, 0.29) is 18.1 Å². The predicted molar refractivity (Wildman–Crippen MR) is 103 cm³/mol. The van der Waals surface area contributed by atoms with Gasteiger partial charge in [0.15, 0.2) is 5.78 Å². The molecule has 0 aromatic carbocycles. The van der Waals surface area contributed by atoms with Crippen molar-refractivity contribution in [2.75, 3.05) is 0 Å². The number of ketones is 1. The van der Waals surface area contributed by atoms with E-state index >= 15 is 0 Å². The summed E-state index contributed by atoms with van der Waals surface area (Å²) in [7, 11) is -2.32. The number of Topliss-reactive ketones (excluding diaryl/α,β-unsaturated/α-hetero) is 1. The quantitative estimate of drug-likeness (QED) is 0.489. The zero-order chi connectivity index (χ0) is 20.7. The van der Waals surface area contributed by atoms with E-state index in [9.17, 15) is 19.8 Å². The first kappa shape index (κ1) is 22.1. The van der Waals surface area contributed by atoms with Crippen molar-refractivity contribution in [2.45, 2.75) is 96.9 Å². The van der Waals surface area contributed by atoms with Crippen LogP contribution in [0.15, 0.2) is 11.3 Å². The van der Waals surface area contributed by atoms with E-state index in [2.05, 4.69) is 41.5 Å². The number of hydrogen-bond donors (Lipinski definition) is 0. The average Bonchev–Trinajstić information content (AvgIpc) is 2.89. The van der Waals surface area contributed by atoms with E-state index < -0.39 is 31.6 Å². The summed E-state index contributed by atoms with van der Waals surface area (Å²) in [6.07, 6.45) is 1.26. The molecule has 0 saturated heterocycles. The van der Waals surface area contributed by atoms with E-state index in [1.54, 1.807) is 6.92 Å². The number of rotatable bonds is 7. The molecule has 0 heterocycles. The van der Waals surface area contributed by atoms with Crippen LogP contribution in [-0.2, 0) is 14.0 Å². The Kier molecular flexibility index (Phi) is 6.32. The SMILES string of the molecule is CC1=C([O-])C[C@@]2(C(=O)C(=O)[O-])[C@@H](CC[C@H]2O[Si](C(C)C)(C(C)C)C(C)C)C1. The molecule has 1 saturated carbocycles. The summed E-state index contributed by atoms with van der Waals surface area (Å²) in [6.45, 7) is 14.8. The second kappa shape index (κ2) is 7.70. The maximum Gasteiger partial charge on any atom is 0.200 e. The summed E-state index contributed by atoms with van der Waals surface area (Å²) < 4.78 is 6.88. The van der Waals surface area contributed by atoms with Crippen molar-refractivity contribution in [3.63, 3.8) is 0 Å². The molecule has 27 heavy (non-hydrogen) atoms. The maximum absolute atomic E-state index is 12.9. The minimum atomic E-state index is -2.32. The number of aliphatic carboxylic acids is 1. The van der Waals surface area contributed by atoms with Gasteiger partial charge in [0, 0.05) is 0 Å². The minimum Gasteiger partial charge on any atom is -0.875 e. The standard InChI is InChI=1S/C21H36O5Si/c1-12(2)27(13(3)4,14(5)6)26-18-9-8-16-10-15(7)17(22)11-21(16,18)19(23)20(24)25/h12-14,16,18,22H,8-11H2,1-7H3,(H,24,25)/p-2/t16-,18+,21+/m0/s1. The molecule has 6 heteroatoms. The molecule has 0 bridgehead atoms. The van der Waals surface area contributed by atoms with Gasteiger partial charge < -0.3 is 19.4 Å². The van der Waals surface area contributed by atoms with Gasteiger partial charge in [-0.15, -0.1) is 5.76 Å². The minimum absolute atomic E-state index is 0.0558. The smallest absolute Gasteiger partial charge is 0.200 e. The lowest BCUT2D eigenvalue weighted by molar-refractivity contribution is -0.317. The van der Waals surface area contributed by atoms with Crippen molar-refractivity contribution in [2.24, 2.45) is 11.3 Å². The fraction of sp³-hybridized carbons (Fsp3) is 0.810. The van der Waals surface area contributed by atoms with E-state index in [1.807, 2.05) is 0 Å². The largest absolute Gasteiger partial charge is 0.875 e. The lowest BCUT2D eigenvalue weighted by atomic mass is 9.64. The summed E-state index contributed by atoms with van der Waals surface area (Å²) in [5, 5.41) is 24.1. The van der Waals surface area contributed by atoms with Crippen molar-refractivity contribution in [3.8, 4) is 0 Å². The first-order valence-electron chi connectivity index (χ1n) is 10.2. The second-order valence-electron chi connectivity index (χ2n) is 9.44. The van der Waals surface area contributed by atoms with Crippen LogP contribution in [0.25, 0.3) is 0 Å². The first-order valence-corrected chi connectivity index (χ1v) is 12.3. The van der Waals surface area contributed by atoms with Crippen LogP contribution in [0.4, 0.5) is 0 Å². The summed E-state index contributed by atoms with van der Waals surface area (Å²) in [6, 6.07) is 0. The van der Waals surface area contributed by atoms with Gasteiger partial charge in [-0.25, -0.2) is 0 Å². The Morgan fingerprint density at radius 3 is 2.04 bits per heavy atom. The highest BCUT2D eigenvalue weighted by molar-refractivity contribution is 6.77. The fourth-order valence-corrected chi connectivity index (χ4v) is 11.6. The van der Waals surface area contributed by atoms with E-state index in [0.29, 0.717) is 35.9 Å². The number of allylic oxidation sites excluding steroid dienone is 2. The number of fused-ring (bicyclic) bond motifs is 1. The van der Waals surface area contributed by atoms with Crippen LogP contribution >= 0.6 is 0 Å². The molecule has 154 valence electrons. The zero-order valence-electron chi connectivity index (χ0n) is 17.8. The Balaban J connectivity index is 2.55. The molecule has 0 N–H and O–H groups in total. The molecule has 2 rings (SSSR count). The van der Waals surface area contributed by atoms with Crippen molar-refractivity contribution < 1.29 is 24.2 Å². The maximum atomic E-state index is 12.9. The lowest BCUT2D eigenvalue weighted by Crippen LogP contribution is -2.58. The third-order valence-electron chi connectivity index (χ3n) is 7.22. The van der Waals surface area contributed by atoms with Gasteiger partial charge in [-0.1, -0.05) is 47.1 Å². The average molecular weight is 395 g/mol. The van der Waals surface area contributed by atoms with Crippen LogP contribution in [0.5, 0.6) is 0 Å². The number of carbonyl (C=O) groups excluding carboxylic acids is 2. The zero-order valence-corrected chi connectivity index (χ0v) is 18.8. The third kappa shape index (κ3) is 3.39. The van der Waals surface area contributed by atoms with Gasteiger partial charge >= 0.3 is 0 Å².